The van der Waals surface area contributed by atoms with Crippen LogP contribution in [0.4, 0.5) is 0 Å². The van der Waals surface area contributed by atoms with Crippen LogP contribution in [-0.4, -0.2) is 7.11 Å². The summed E-state index contributed by atoms with van der Waals surface area (Å²) in [4.78, 5) is 0. The monoisotopic (exact) mass is 417 g/mol. The lowest BCUT2D eigenvalue weighted by molar-refractivity contribution is 0.302. The van der Waals surface area contributed by atoms with Crippen LogP contribution in [0.1, 0.15) is 16.7 Å². The van der Waals surface area contributed by atoms with Gasteiger partial charge in [-0.2, -0.15) is 0 Å². The van der Waals surface area contributed by atoms with Crippen LogP contribution in [-0.2, 0) is 19.7 Å². The lowest BCUT2D eigenvalue weighted by Gasteiger charge is -2.15. The number of ether oxygens (including phenoxy) is 2. The molecule has 3 nitrogen and oxygen atoms in total. The van der Waals surface area contributed by atoms with E-state index < -0.39 is 0 Å². The largest absolute Gasteiger partial charge is 0.497 e. The number of hydrogen-bond donors (Lipinski definition) is 1. The first-order chi connectivity index (χ1) is 14.7. The Morgan fingerprint density at radius 2 is 1.50 bits per heavy atom. The van der Waals surface area contributed by atoms with Gasteiger partial charge >= 0.3 is 0 Å². The predicted octanol–water partition coefficient (Wildman–Crippen LogP) is 6.37. The fourth-order valence-corrected chi connectivity index (χ4v) is 3.58. The maximum atomic E-state index is 6.20. The minimum absolute atomic E-state index is 0.501. The second-order valence-electron chi connectivity index (χ2n) is 7.13. The van der Waals surface area contributed by atoms with Crippen LogP contribution in [0.5, 0.6) is 11.5 Å². The van der Waals surface area contributed by atoms with E-state index in [1.165, 1.54) is 16.3 Å². The molecular weight excluding hydrogens is 394 g/mol. The second kappa shape index (κ2) is 9.66. The van der Waals surface area contributed by atoms with E-state index in [1.807, 2.05) is 36.4 Å². The Labute approximate surface area is 182 Å². The summed E-state index contributed by atoms with van der Waals surface area (Å²) < 4.78 is 11.4. The van der Waals surface area contributed by atoms with E-state index in [0.717, 1.165) is 34.2 Å². The van der Waals surface area contributed by atoms with Gasteiger partial charge in [-0.25, -0.2) is 0 Å². The Morgan fingerprint density at radius 1 is 0.767 bits per heavy atom. The molecule has 0 unspecified atom stereocenters. The predicted molar refractivity (Wildman–Crippen MR) is 123 cm³/mol. The van der Waals surface area contributed by atoms with Gasteiger partial charge in [-0.05, 0) is 52.2 Å². The highest BCUT2D eigenvalue weighted by molar-refractivity contribution is 6.30. The van der Waals surface area contributed by atoms with Gasteiger partial charge in [-0.1, -0.05) is 66.2 Å². The quantitative estimate of drug-likeness (QED) is 0.361. The number of fused-ring (bicyclic) bond motifs is 1. The summed E-state index contributed by atoms with van der Waals surface area (Å²) >= 11 is 5.99. The van der Waals surface area contributed by atoms with Crippen LogP contribution in [0.2, 0.25) is 5.02 Å². The number of methoxy groups -OCH3 is 1. The molecule has 4 aromatic rings. The SMILES string of the molecule is COc1ccc(CNCc2c(OCc3ccc(Cl)cc3)ccc3ccccc23)cc1. The molecule has 4 rings (SSSR count). The highest BCUT2D eigenvalue weighted by Crippen LogP contribution is 2.29. The maximum absolute atomic E-state index is 6.20. The van der Waals surface area contributed by atoms with Crippen molar-refractivity contribution in [3.05, 3.63) is 107 Å². The molecule has 0 spiro atoms. The average molecular weight is 418 g/mol. The van der Waals surface area contributed by atoms with Crippen LogP contribution in [0.25, 0.3) is 10.8 Å². The van der Waals surface area contributed by atoms with E-state index in [0.29, 0.717) is 13.2 Å². The standard InChI is InChI=1S/C26H24ClNO2/c1-29-23-13-8-19(9-14-23)16-28-17-25-24-5-3-2-4-21(24)10-15-26(25)30-18-20-6-11-22(27)12-7-20/h2-15,28H,16-18H2,1H3. The van der Waals surface area contributed by atoms with E-state index in [2.05, 4.69) is 53.8 Å². The number of nitrogens with one attached hydrogen (secondary N) is 1. The zero-order chi connectivity index (χ0) is 20.8. The van der Waals surface area contributed by atoms with Gasteiger partial charge in [0.15, 0.2) is 0 Å². The van der Waals surface area contributed by atoms with Crippen LogP contribution in [0.3, 0.4) is 0 Å². The number of benzene rings is 4. The van der Waals surface area contributed by atoms with Crippen molar-refractivity contribution < 1.29 is 9.47 Å². The second-order valence-corrected chi connectivity index (χ2v) is 7.57. The van der Waals surface area contributed by atoms with Gasteiger partial charge in [0.2, 0.25) is 0 Å². The topological polar surface area (TPSA) is 30.5 Å². The number of rotatable bonds is 8. The van der Waals surface area contributed by atoms with Crippen molar-refractivity contribution in [2.75, 3.05) is 7.11 Å². The van der Waals surface area contributed by atoms with Crippen molar-refractivity contribution >= 4 is 22.4 Å². The first kappa shape index (κ1) is 20.3. The molecule has 0 saturated heterocycles. The smallest absolute Gasteiger partial charge is 0.124 e. The van der Waals surface area contributed by atoms with Crippen LogP contribution >= 0.6 is 11.6 Å². The van der Waals surface area contributed by atoms with Crippen molar-refractivity contribution in [1.82, 2.24) is 5.32 Å². The van der Waals surface area contributed by atoms with Crippen molar-refractivity contribution in [2.24, 2.45) is 0 Å². The van der Waals surface area contributed by atoms with Gasteiger partial charge in [-0.15, -0.1) is 0 Å². The zero-order valence-corrected chi connectivity index (χ0v) is 17.7. The molecular formula is C26H24ClNO2. The molecule has 4 aromatic carbocycles. The molecule has 0 aliphatic heterocycles. The van der Waals surface area contributed by atoms with Gasteiger partial charge in [0, 0.05) is 23.7 Å². The first-order valence-corrected chi connectivity index (χ1v) is 10.3. The molecule has 0 aliphatic carbocycles. The first-order valence-electron chi connectivity index (χ1n) is 9.94. The third-order valence-electron chi connectivity index (χ3n) is 5.10. The number of halogens is 1. The lowest BCUT2D eigenvalue weighted by Crippen LogP contribution is -2.14. The molecule has 30 heavy (non-hydrogen) atoms. The van der Waals surface area contributed by atoms with E-state index in [1.54, 1.807) is 7.11 Å². The molecule has 152 valence electrons. The molecule has 0 radical (unpaired) electrons. The molecule has 1 N–H and O–H groups in total. The summed E-state index contributed by atoms with van der Waals surface area (Å²) in [7, 11) is 1.68. The summed E-state index contributed by atoms with van der Waals surface area (Å²) in [6.45, 7) is 1.98. The van der Waals surface area contributed by atoms with Gasteiger partial charge in [0.05, 0.1) is 7.11 Å². The fraction of sp³-hybridized carbons (Fsp3) is 0.154. The Morgan fingerprint density at radius 3 is 2.27 bits per heavy atom. The van der Waals surface area contributed by atoms with E-state index in [4.69, 9.17) is 21.1 Å². The summed E-state index contributed by atoms with van der Waals surface area (Å²) in [5.74, 6) is 1.76. The van der Waals surface area contributed by atoms with Crippen molar-refractivity contribution in [1.29, 1.82) is 0 Å². The molecule has 0 fully saturated rings. The third kappa shape index (κ3) is 4.93. The van der Waals surface area contributed by atoms with E-state index in [9.17, 15) is 0 Å². The van der Waals surface area contributed by atoms with Gasteiger partial charge < -0.3 is 14.8 Å². The summed E-state index contributed by atoms with van der Waals surface area (Å²) in [5, 5.41) is 6.69. The molecule has 4 heteroatoms. The normalized spacial score (nSPS) is 10.9. The summed E-state index contributed by atoms with van der Waals surface area (Å²) in [6, 6.07) is 28.4. The Kier molecular flexibility index (Phi) is 6.53. The van der Waals surface area contributed by atoms with E-state index in [-0.39, 0.29) is 0 Å². The highest BCUT2D eigenvalue weighted by Gasteiger charge is 2.09. The molecule has 0 aliphatic rings. The molecule has 0 bridgehead atoms. The molecule has 0 heterocycles. The highest BCUT2D eigenvalue weighted by atomic mass is 35.5. The van der Waals surface area contributed by atoms with Crippen LogP contribution in [0, 0.1) is 0 Å². The molecule has 0 saturated carbocycles. The van der Waals surface area contributed by atoms with Gasteiger partial charge in [0.25, 0.3) is 0 Å². The van der Waals surface area contributed by atoms with E-state index >= 15 is 0 Å². The Bertz CT molecular complexity index is 1110. The Hall–Kier alpha value is -3.01. The average Bonchev–Trinajstić information content (AvgIpc) is 2.80. The summed E-state index contributed by atoms with van der Waals surface area (Å²) in [6.07, 6.45) is 0. The zero-order valence-electron chi connectivity index (χ0n) is 16.9. The van der Waals surface area contributed by atoms with Crippen molar-refractivity contribution in [2.45, 2.75) is 19.7 Å². The molecule has 0 atom stereocenters. The lowest BCUT2D eigenvalue weighted by atomic mass is 10.0. The minimum atomic E-state index is 0.501. The maximum Gasteiger partial charge on any atom is 0.124 e. The fourth-order valence-electron chi connectivity index (χ4n) is 3.45. The van der Waals surface area contributed by atoms with Gasteiger partial charge in [0.1, 0.15) is 18.1 Å². The molecule has 0 aromatic heterocycles. The van der Waals surface area contributed by atoms with Crippen molar-refractivity contribution in [3.8, 4) is 11.5 Å². The minimum Gasteiger partial charge on any atom is -0.497 e. The summed E-state index contributed by atoms with van der Waals surface area (Å²) in [5.41, 5.74) is 3.46. The third-order valence-corrected chi connectivity index (χ3v) is 5.35. The molecule has 0 amide bonds. The van der Waals surface area contributed by atoms with Crippen molar-refractivity contribution in [3.63, 3.8) is 0 Å². The Balaban J connectivity index is 1.51. The number of hydrogen-bond acceptors (Lipinski definition) is 3. The van der Waals surface area contributed by atoms with Crippen LogP contribution < -0.4 is 14.8 Å². The van der Waals surface area contributed by atoms with Crippen LogP contribution in [0.15, 0.2) is 84.9 Å². The van der Waals surface area contributed by atoms with Gasteiger partial charge in [-0.3, -0.25) is 0 Å².